The number of ether oxygens (including phenoxy) is 9. The Bertz CT molecular complexity index is 1900. The molecular formula is C33H40N6O15. The number of azide groups is 1. The lowest BCUT2D eigenvalue weighted by atomic mass is 9.94. The SMILES string of the molecule is CO[C@@H]1O[C@@H]2COC(c3ccccc3)O[C@H]2[C@H](O[C@H]2O[C@H](COC(C)=O)[C@@H](OC(C)=O)[C@H](OC(C)=O)[C@H]2N=Cc2c(O)n(C)c(=O)n(C)c2=O)[C@H]1N=[N+]=[N-]. The molecule has 1 N–H and O–H groups in total. The van der Waals surface area contributed by atoms with Crippen LogP contribution in [0, 0.1) is 0 Å². The van der Waals surface area contributed by atoms with E-state index in [1.165, 1.54) is 21.2 Å². The predicted octanol–water partition coefficient (Wildman–Crippen LogP) is 0.278. The van der Waals surface area contributed by atoms with Gasteiger partial charge in [0.2, 0.25) is 5.88 Å². The number of aliphatic imine (C=N–C) groups is 1. The lowest BCUT2D eigenvalue weighted by molar-refractivity contribution is -0.366. The van der Waals surface area contributed by atoms with E-state index in [0.717, 1.165) is 36.1 Å². The fourth-order valence-corrected chi connectivity index (χ4v) is 6.32. The van der Waals surface area contributed by atoms with E-state index in [2.05, 4.69) is 15.0 Å². The third-order valence-electron chi connectivity index (χ3n) is 8.80. The van der Waals surface area contributed by atoms with Gasteiger partial charge in [-0.15, -0.1) is 0 Å². The summed E-state index contributed by atoms with van der Waals surface area (Å²) in [6.45, 7) is 2.76. The Morgan fingerprint density at radius 1 is 0.944 bits per heavy atom. The summed E-state index contributed by atoms with van der Waals surface area (Å²) in [4.78, 5) is 69.9. The first-order valence-electron chi connectivity index (χ1n) is 16.6. The molecule has 0 spiro atoms. The van der Waals surface area contributed by atoms with Gasteiger partial charge in [-0.1, -0.05) is 35.4 Å². The number of rotatable bonds is 11. The van der Waals surface area contributed by atoms with Crippen molar-refractivity contribution in [1.82, 2.24) is 9.13 Å². The highest BCUT2D eigenvalue weighted by Gasteiger charge is 2.56. The van der Waals surface area contributed by atoms with Gasteiger partial charge in [-0.2, -0.15) is 0 Å². The van der Waals surface area contributed by atoms with Crippen LogP contribution in [-0.2, 0) is 71.1 Å². The lowest BCUT2D eigenvalue weighted by Crippen LogP contribution is -2.66. The third kappa shape index (κ3) is 8.63. The number of hydrogen-bond acceptors (Lipinski definition) is 17. The van der Waals surface area contributed by atoms with Crippen molar-refractivity contribution < 1.29 is 62.1 Å². The van der Waals surface area contributed by atoms with Crippen molar-refractivity contribution in [2.45, 2.75) is 88.3 Å². The van der Waals surface area contributed by atoms with E-state index in [4.69, 9.17) is 42.6 Å². The molecule has 54 heavy (non-hydrogen) atoms. The van der Waals surface area contributed by atoms with Crippen molar-refractivity contribution in [2.75, 3.05) is 20.3 Å². The first-order chi connectivity index (χ1) is 25.7. The molecule has 1 aromatic heterocycles. The Morgan fingerprint density at radius 3 is 2.26 bits per heavy atom. The Balaban J connectivity index is 1.65. The molecule has 2 aromatic rings. The first-order valence-corrected chi connectivity index (χ1v) is 16.6. The Morgan fingerprint density at radius 2 is 1.63 bits per heavy atom. The molecule has 3 saturated heterocycles. The lowest BCUT2D eigenvalue weighted by Gasteiger charge is -2.50. The Kier molecular flexibility index (Phi) is 12.9. The highest BCUT2D eigenvalue weighted by molar-refractivity contribution is 5.82. The smallest absolute Gasteiger partial charge is 0.333 e. The summed E-state index contributed by atoms with van der Waals surface area (Å²) in [7, 11) is 3.73. The van der Waals surface area contributed by atoms with Gasteiger partial charge < -0.3 is 47.7 Å². The minimum absolute atomic E-state index is 0.0188. The maximum atomic E-state index is 13.1. The maximum Gasteiger partial charge on any atom is 0.333 e. The maximum absolute atomic E-state index is 13.1. The van der Waals surface area contributed by atoms with E-state index in [0.29, 0.717) is 5.56 Å². The molecule has 21 nitrogen and oxygen atoms in total. The molecule has 4 heterocycles. The largest absolute Gasteiger partial charge is 0.494 e. The number of fused-ring (bicyclic) bond motifs is 1. The zero-order valence-electron chi connectivity index (χ0n) is 30.1. The second kappa shape index (κ2) is 17.3. The second-order valence-electron chi connectivity index (χ2n) is 12.5. The van der Waals surface area contributed by atoms with Crippen molar-refractivity contribution in [3.63, 3.8) is 0 Å². The molecule has 3 aliphatic rings. The van der Waals surface area contributed by atoms with Crippen molar-refractivity contribution >= 4 is 24.1 Å². The zero-order valence-corrected chi connectivity index (χ0v) is 30.1. The van der Waals surface area contributed by atoms with Gasteiger partial charge in [-0.05, 0) is 5.53 Å². The van der Waals surface area contributed by atoms with Crippen LogP contribution in [0.15, 0.2) is 50.0 Å². The second-order valence-corrected chi connectivity index (χ2v) is 12.5. The summed E-state index contributed by atoms with van der Waals surface area (Å²) in [5.41, 5.74) is 8.08. The molecule has 1 unspecified atom stereocenters. The summed E-state index contributed by atoms with van der Waals surface area (Å²) in [6, 6.07) is 6.15. The van der Waals surface area contributed by atoms with Crippen LogP contribution in [0.2, 0.25) is 0 Å². The molecule has 292 valence electrons. The monoisotopic (exact) mass is 760 g/mol. The van der Waals surface area contributed by atoms with Crippen molar-refractivity contribution in [3.05, 3.63) is 72.7 Å². The highest BCUT2D eigenvalue weighted by Crippen LogP contribution is 2.39. The van der Waals surface area contributed by atoms with Gasteiger partial charge in [0.1, 0.15) is 48.7 Å². The van der Waals surface area contributed by atoms with E-state index >= 15 is 0 Å². The molecule has 3 aliphatic heterocycles. The van der Waals surface area contributed by atoms with Crippen molar-refractivity contribution in [1.29, 1.82) is 0 Å². The number of carbonyl (C=O) groups is 3. The van der Waals surface area contributed by atoms with Crippen LogP contribution in [0.3, 0.4) is 0 Å². The Hall–Kier alpha value is -5.15. The molecular weight excluding hydrogens is 720 g/mol. The molecule has 0 saturated carbocycles. The number of aromatic hydroxyl groups is 1. The number of carbonyl (C=O) groups excluding carboxylic acids is 3. The fraction of sp³-hybridized carbons (Fsp3) is 0.576. The van der Waals surface area contributed by atoms with Gasteiger partial charge in [0.25, 0.3) is 5.56 Å². The Labute approximate surface area is 306 Å². The molecule has 0 bridgehead atoms. The van der Waals surface area contributed by atoms with E-state index in [1.807, 2.05) is 6.07 Å². The van der Waals surface area contributed by atoms with E-state index in [1.54, 1.807) is 24.3 Å². The van der Waals surface area contributed by atoms with Gasteiger partial charge in [-0.25, -0.2) is 4.79 Å². The van der Waals surface area contributed by atoms with E-state index in [9.17, 15) is 34.6 Å². The zero-order chi connectivity index (χ0) is 39.3. The highest BCUT2D eigenvalue weighted by atomic mass is 16.8. The van der Waals surface area contributed by atoms with Crippen LogP contribution < -0.4 is 11.2 Å². The fourth-order valence-electron chi connectivity index (χ4n) is 6.32. The number of hydrogen-bond donors (Lipinski definition) is 1. The van der Waals surface area contributed by atoms with Crippen LogP contribution in [-0.4, -0.2) is 120 Å². The number of aromatic nitrogens is 2. The average molecular weight is 761 g/mol. The van der Waals surface area contributed by atoms with Crippen LogP contribution in [0.25, 0.3) is 10.4 Å². The number of esters is 3. The minimum Gasteiger partial charge on any atom is -0.494 e. The van der Waals surface area contributed by atoms with E-state index < -0.39 is 115 Å². The molecule has 0 radical (unpaired) electrons. The summed E-state index contributed by atoms with van der Waals surface area (Å²) >= 11 is 0. The first kappa shape index (κ1) is 40.0. The van der Waals surface area contributed by atoms with E-state index in [-0.39, 0.29) is 6.61 Å². The predicted molar refractivity (Wildman–Crippen MR) is 180 cm³/mol. The number of nitrogens with zero attached hydrogens (tertiary/aromatic N) is 6. The molecule has 0 amide bonds. The molecule has 1 aromatic carbocycles. The topological polar surface area (TPSA) is 260 Å². The summed E-state index contributed by atoms with van der Waals surface area (Å²) in [6.07, 6.45) is -10.4. The molecule has 0 aliphatic carbocycles. The molecule has 3 fully saturated rings. The number of methoxy groups -OCH3 is 1. The van der Waals surface area contributed by atoms with Crippen molar-refractivity contribution in [2.24, 2.45) is 24.2 Å². The van der Waals surface area contributed by atoms with Crippen LogP contribution in [0.1, 0.15) is 38.2 Å². The van der Waals surface area contributed by atoms with Crippen LogP contribution in [0.4, 0.5) is 0 Å². The molecule has 11 atom stereocenters. The van der Waals surface area contributed by atoms with Crippen LogP contribution >= 0.6 is 0 Å². The van der Waals surface area contributed by atoms with Gasteiger partial charge in [0.15, 0.2) is 31.1 Å². The standard InChI is InChI=1S/C33H40N6O15/c1-15(40)47-13-20-24(49-16(2)41)26(50-17(3)42)22(35-12-19-28(43)38(4)33(45)39(5)29(19)44)32(52-20)54-27-23(36-37-34)31(46-6)51-21-14-48-30(53-25(21)27)18-10-8-7-9-11-18/h7-12,20-27,30-32,43H,13-14H2,1-6H3/t20-,21-,22-,23-,24-,25-,26-,27-,30?,31-,32-/m1/s1. The summed E-state index contributed by atoms with van der Waals surface area (Å²) in [5, 5.41) is 14.7. The van der Waals surface area contributed by atoms with Gasteiger partial charge in [0.05, 0.1) is 6.61 Å². The summed E-state index contributed by atoms with van der Waals surface area (Å²) in [5.74, 6) is -3.15. The van der Waals surface area contributed by atoms with Crippen molar-refractivity contribution in [3.8, 4) is 5.88 Å². The van der Waals surface area contributed by atoms with Gasteiger partial charge in [-0.3, -0.25) is 33.3 Å². The van der Waals surface area contributed by atoms with Crippen LogP contribution in [0.5, 0.6) is 5.88 Å². The minimum atomic E-state index is -1.66. The van der Waals surface area contributed by atoms with Gasteiger partial charge in [0, 0.05) is 58.7 Å². The summed E-state index contributed by atoms with van der Waals surface area (Å²) < 4.78 is 54.8. The third-order valence-corrected chi connectivity index (χ3v) is 8.80. The number of benzene rings is 1. The molecule has 5 rings (SSSR count). The normalized spacial score (nSPS) is 30.8. The quantitative estimate of drug-likeness (QED) is 0.0805. The molecule has 21 heteroatoms. The van der Waals surface area contributed by atoms with Gasteiger partial charge >= 0.3 is 23.6 Å². The average Bonchev–Trinajstić information content (AvgIpc) is 3.14.